The van der Waals surface area contributed by atoms with Gasteiger partial charge in [0.1, 0.15) is 6.26 Å². The van der Waals surface area contributed by atoms with Crippen LogP contribution >= 0.6 is 11.6 Å². The molecule has 3 rings (SSSR count). The maximum atomic E-state index is 13.2. The van der Waals surface area contributed by atoms with Crippen LogP contribution in [0, 0.1) is 6.92 Å². The van der Waals surface area contributed by atoms with E-state index >= 15 is 0 Å². The Hall–Kier alpha value is -2.78. The van der Waals surface area contributed by atoms with Gasteiger partial charge in [0.25, 0.3) is 5.91 Å². The normalized spacial score (nSPS) is 12.8. The number of hydrogen-bond donors (Lipinski definition) is 2. The Morgan fingerprint density at radius 3 is 2.67 bits per heavy atom. The van der Waals surface area contributed by atoms with Crippen LogP contribution in [0.15, 0.2) is 41.0 Å². The van der Waals surface area contributed by atoms with Crippen LogP contribution in [0.1, 0.15) is 27.2 Å². The van der Waals surface area contributed by atoms with Crippen molar-refractivity contribution < 1.29 is 22.4 Å². The SMILES string of the molecule is Cc1c(Cl)nn(C)c1-c1coc(C(=O)N[C@H](CN)Cc2ccccc2C(F)(F)F)c1. The van der Waals surface area contributed by atoms with E-state index in [1.54, 1.807) is 18.7 Å². The van der Waals surface area contributed by atoms with Gasteiger partial charge in [-0.3, -0.25) is 9.48 Å². The molecule has 0 saturated heterocycles. The van der Waals surface area contributed by atoms with Gasteiger partial charge in [-0.1, -0.05) is 29.8 Å². The number of benzene rings is 1. The molecule has 1 atom stereocenters. The summed E-state index contributed by atoms with van der Waals surface area (Å²) in [5, 5.41) is 7.08. The highest BCUT2D eigenvalue weighted by molar-refractivity contribution is 6.30. The zero-order chi connectivity index (χ0) is 22.1. The van der Waals surface area contributed by atoms with E-state index in [4.69, 9.17) is 21.8 Å². The van der Waals surface area contributed by atoms with Crippen LogP contribution in [-0.4, -0.2) is 28.3 Å². The summed E-state index contributed by atoms with van der Waals surface area (Å²) in [5.74, 6) is -0.573. The summed E-state index contributed by atoms with van der Waals surface area (Å²) in [7, 11) is 1.71. The second-order valence-electron chi connectivity index (χ2n) is 6.85. The number of rotatable bonds is 6. The van der Waals surface area contributed by atoms with Gasteiger partial charge >= 0.3 is 6.18 Å². The molecule has 0 unspecified atom stereocenters. The number of nitrogens with one attached hydrogen (secondary N) is 1. The van der Waals surface area contributed by atoms with Crippen molar-refractivity contribution in [1.82, 2.24) is 15.1 Å². The van der Waals surface area contributed by atoms with E-state index in [1.807, 2.05) is 0 Å². The molecule has 0 radical (unpaired) electrons. The fraction of sp³-hybridized carbons (Fsp3) is 0.300. The highest BCUT2D eigenvalue weighted by Crippen LogP contribution is 2.32. The molecule has 2 aromatic heterocycles. The maximum Gasteiger partial charge on any atom is 0.416 e. The molecule has 6 nitrogen and oxygen atoms in total. The molecule has 0 aliphatic heterocycles. The third-order valence-corrected chi connectivity index (χ3v) is 5.09. The first-order valence-electron chi connectivity index (χ1n) is 9.05. The summed E-state index contributed by atoms with van der Waals surface area (Å²) in [5.41, 5.74) is 7.03. The maximum absolute atomic E-state index is 13.2. The number of halogens is 4. The first-order valence-corrected chi connectivity index (χ1v) is 9.43. The molecule has 2 heterocycles. The average Bonchev–Trinajstić information content (AvgIpc) is 3.25. The summed E-state index contributed by atoms with van der Waals surface area (Å²) in [6.07, 6.45) is -3.16. The Morgan fingerprint density at radius 2 is 2.07 bits per heavy atom. The lowest BCUT2D eigenvalue weighted by Crippen LogP contribution is -2.42. The van der Waals surface area contributed by atoms with Crippen molar-refractivity contribution in [3.8, 4) is 11.3 Å². The minimum absolute atomic E-state index is 0.00396. The third kappa shape index (κ3) is 4.52. The van der Waals surface area contributed by atoms with E-state index in [0.717, 1.165) is 11.6 Å². The molecule has 160 valence electrons. The van der Waals surface area contributed by atoms with E-state index in [2.05, 4.69) is 10.4 Å². The third-order valence-electron chi connectivity index (χ3n) is 4.73. The topological polar surface area (TPSA) is 86.1 Å². The summed E-state index contributed by atoms with van der Waals surface area (Å²) in [6.45, 7) is 1.75. The molecule has 3 aromatic rings. The number of carbonyl (C=O) groups is 1. The monoisotopic (exact) mass is 440 g/mol. The van der Waals surface area contributed by atoms with Gasteiger partial charge < -0.3 is 15.5 Å². The molecule has 0 fully saturated rings. The van der Waals surface area contributed by atoms with Gasteiger partial charge in [0.2, 0.25) is 0 Å². The van der Waals surface area contributed by atoms with Crippen molar-refractivity contribution >= 4 is 17.5 Å². The van der Waals surface area contributed by atoms with Crippen LogP contribution in [0.4, 0.5) is 13.2 Å². The quantitative estimate of drug-likeness (QED) is 0.607. The predicted octanol–water partition coefficient (Wildman–Crippen LogP) is 3.96. The molecule has 1 amide bonds. The van der Waals surface area contributed by atoms with Crippen molar-refractivity contribution in [3.63, 3.8) is 0 Å². The van der Waals surface area contributed by atoms with Crippen molar-refractivity contribution in [2.24, 2.45) is 12.8 Å². The van der Waals surface area contributed by atoms with Gasteiger partial charge in [-0.2, -0.15) is 18.3 Å². The molecule has 1 aromatic carbocycles. The first-order chi connectivity index (χ1) is 14.1. The highest BCUT2D eigenvalue weighted by atomic mass is 35.5. The number of aryl methyl sites for hydroxylation is 1. The lowest BCUT2D eigenvalue weighted by Gasteiger charge is -2.19. The fourth-order valence-electron chi connectivity index (χ4n) is 3.27. The predicted molar refractivity (Wildman–Crippen MR) is 106 cm³/mol. The van der Waals surface area contributed by atoms with E-state index < -0.39 is 23.7 Å². The number of alkyl halides is 3. The standard InChI is InChI=1S/C20H20ClF3N4O2/c1-11-17(28(2)27-18(11)21)13-8-16(30-10-13)19(29)26-14(9-25)7-12-5-3-4-6-15(12)20(22,23)24/h3-6,8,10,14H,7,9,25H2,1-2H3,(H,26,29)/t14-/m0/s1. The van der Waals surface area contributed by atoms with Crippen molar-refractivity contribution in [2.45, 2.75) is 25.6 Å². The zero-order valence-electron chi connectivity index (χ0n) is 16.3. The smallest absolute Gasteiger partial charge is 0.416 e. The summed E-state index contributed by atoms with van der Waals surface area (Å²) >= 11 is 6.03. The van der Waals surface area contributed by atoms with Crippen molar-refractivity contribution in [2.75, 3.05) is 6.54 Å². The number of hydrogen-bond acceptors (Lipinski definition) is 4. The van der Waals surface area contributed by atoms with Gasteiger partial charge in [0.15, 0.2) is 10.9 Å². The molecule has 3 N–H and O–H groups in total. The molecular weight excluding hydrogens is 421 g/mol. The first kappa shape index (κ1) is 21.9. The Morgan fingerprint density at radius 1 is 1.37 bits per heavy atom. The molecule has 0 bridgehead atoms. The van der Waals surface area contributed by atoms with Gasteiger partial charge in [0, 0.05) is 30.8 Å². The van der Waals surface area contributed by atoms with Gasteiger partial charge in [-0.15, -0.1) is 0 Å². The van der Waals surface area contributed by atoms with Gasteiger partial charge in [-0.05, 0) is 31.0 Å². The zero-order valence-corrected chi connectivity index (χ0v) is 17.0. The van der Waals surface area contributed by atoms with Crippen molar-refractivity contribution in [3.05, 3.63) is 64.2 Å². The number of furan rings is 1. The average molecular weight is 441 g/mol. The number of carbonyl (C=O) groups excluding carboxylic acids is 1. The lowest BCUT2D eigenvalue weighted by molar-refractivity contribution is -0.138. The van der Waals surface area contributed by atoms with E-state index in [1.165, 1.54) is 30.5 Å². The number of amides is 1. The minimum atomic E-state index is -4.49. The lowest BCUT2D eigenvalue weighted by atomic mass is 9.99. The van der Waals surface area contributed by atoms with Gasteiger partial charge in [0.05, 0.1) is 11.3 Å². The minimum Gasteiger partial charge on any atom is -0.458 e. The molecule has 30 heavy (non-hydrogen) atoms. The van der Waals surface area contributed by atoms with Crippen LogP contribution in [0.2, 0.25) is 5.15 Å². The summed E-state index contributed by atoms with van der Waals surface area (Å²) < 4.78 is 46.6. The molecule has 10 heteroatoms. The van der Waals surface area contributed by atoms with Crippen molar-refractivity contribution in [1.29, 1.82) is 0 Å². The molecule has 0 aliphatic carbocycles. The Balaban J connectivity index is 1.77. The Bertz CT molecular complexity index is 1060. The molecular formula is C20H20ClF3N4O2. The van der Waals surface area contributed by atoms with E-state index in [-0.39, 0.29) is 24.3 Å². The second-order valence-corrected chi connectivity index (χ2v) is 7.21. The molecule has 0 spiro atoms. The summed E-state index contributed by atoms with van der Waals surface area (Å²) in [4.78, 5) is 12.6. The molecule has 0 aliphatic rings. The van der Waals surface area contributed by atoms with Crippen LogP contribution < -0.4 is 11.1 Å². The van der Waals surface area contributed by atoms with Crippen LogP contribution in [-0.2, 0) is 19.6 Å². The number of nitrogens with two attached hydrogens (primary N) is 1. The second kappa shape index (κ2) is 8.53. The molecule has 0 saturated carbocycles. The van der Waals surface area contributed by atoms with E-state index in [9.17, 15) is 18.0 Å². The summed E-state index contributed by atoms with van der Waals surface area (Å²) in [6, 6.07) is 6.02. The number of nitrogens with zero attached hydrogens (tertiary/aromatic N) is 2. The Kier molecular flexibility index (Phi) is 6.23. The van der Waals surface area contributed by atoms with Crippen LogP contribution in [0.3, 0.4) is 0 Å². The Labute approximate surface area is 175 Å². The van der Waals surface area contributed by atoms with Crippen LogP contribution in [0.5, 0.6) is 0 Å². The highest BCUT2D eigenvalue weighted by Gasteiger charge is 2.33. The van der Waals surface area contributed by atoms with E-state index in [0.29, 0.717) is 16.4 Å². The fourth-order valence-corrected chi connectivity index (χ4v) is 3.47. The largest absolute Gasteiger partial charge is 0.458 e. The van der Waals surface area contributed by atoms with Gasteiger partial charge in [-0.25, -0.2) is 0 Å². The number of aromatic nitrogens is 2. The van der Waals surface area contributed by atoms with Crippen LogP contribution in [0.25, 0.3) is 11.3 Å².